The highest BCUT2D eigenvalue weighted by Crippen LogP contribution is 2.33. The fraction of sp³-hybridized carbons (Fsp3) is 0.333. The predicted octanol–water partition coefficient (Wildman–Crippen LogP) is 3.73. The average Bonchev–Trinajstić information content (AvgIpc) is 3.24. The first-order chi connectivity index (χ1) is 15.6. The first-order valence-corrected chi connectivity index (χ1v) is 11.0. The topological polar surface area (TPSA) is 74.2 Å². The molecule has 0 unspecified atom stereocenters. The number of anilines is 2. The molecule has 164 valence electrons. The van der Waals surface area contributed by atoms with E-state index >= 15 is 4.39 Å². The Hall–Kier alpha value is -3.55. The molecule has 32 heavy (non-hydrogen) atoms. The van der Waals surface area contributed by atoms with E-state index in [-0.39, 0.29) is 24.3 Å². The summed E-state index contributed by atoms with van der Waals surface area (Å²) in [5, 5.41) is 3.12. The van der Waals surface area contributed by atoms with Crippen molar-refractivity contribution < 1.29 is 9.18 Å². The number of carbonyl (C=O) groups is 1. The van der Waals surface area contributed by atoms with Crippen molar-refractivity contribution in [3.63, 3.8) is 0 Å². The number of rotatable bonds is 5. The molecule has 0 spiro atoms. The number of benzene rings is 1. The number of hydrogen-bond donors (Lipinski definition) is 1. The van der Waals surface area contributed by atoms with Crippen LogP contribution >= 0.6 is 0 Å². The second-order valence-corrected chi connectivity index (χ2v) is 8.18. The maximum Gasteiger partial charge on any atom is 0.259 e. The molecule has 0 aliphatic carbocycles. The highest BCUT2D eigenvalue weighted by Gasteiger charge is 2.37. The summed E-state index contributed by atoms with van der Waals surface area (Å²) < 4.78 is 15.0. The van der Waals surface area contributed by atoms with Crippen LogP contribution in [0.3, 0.4) is 0 Å². The SMILES string of the molecule is CCNc1ncc2c(n1)N1CCC[C@H]1CN(Cc1ccc(-c3ccncc3)cc1F)C2=O. The van der Waals surface area contributed by atoms with Crippen molar-refractivity contribution in [3.05, 3.63) is 65.9 Å². The molecule has 1 aromatic carbocycles. The normalized spacial score (nSPS) is 17.7. The van der Waals surface area contributed by atoms with E-state index in [1.807, 2.05) is 25.1 Å². The van der Waals surface area contributed by atoms with Gasteiger partial charge in [-0.15, -0.1) is 0 Å². The second kappa shape index (κ2) is 8.53. The van der Waals surface area contributed by atoms with Crippen molar-refractivity contribution in [3.8, 4) is 11.1 Å². The van der Waals surface area contributed by atoms with Gasteiger partial charge >= 0.3 is 0 Å². The van der Waals surface area contributed by atoms with Gasteiger partial charge in [0.1, 0.15) is 17.2 Å². The number of hydrogen-bond acceptors (Lipinski definition) is 6. The van der Waals surface area contributed by atoms with Gasteiger partial charge in [0.2, 0.25) is 5.95 Å². The Labute approximate surface area is 186 Å². The third-order valence-corrected chi connectivity index (χ3v) is 6.13. The van der Waals surface area contributed by atoms with Crippen LogP contribution in [0.5, 0.6) is 0 Å². The van der Waals surface area contributed by atoms with Gasteiger partial charge in [0.15, 0.2) is 0 Å². The molecule has 8 heteroatoms. The van der Waals surface area contributed by atoms with Crippen LogP contribution in [0, 0.1) is 5.82 Å². The summed E-state index contributed by atoms with van der Waals surface area (Å²) in [6.45, 7) is 4.29. The van der Waals surface area contributed by atoms with E-state index in [0.29, 0.717) is 36.0 Å². The highest BCUT2D eigenvalue weighted by molar-refractivity contribution is 5.99. The summed E-state index contributed by atoms with van der Waals surface area (Å²) in [6, 6.07) is 9.04. The Morgan fingerprint density at radius 1 is 1.19 bits per heavy atom. The summed E-state index contributed by atoms with van der Waals surface area (Å²) in [4.78, 5) is 30.3. The number of halogens is 1. The van der Waals surface area contributed by atoms with Crippen molar-refractivity contribution in [2.75, 3.05) is 29.9 Å². The molecule has 2 aliphatic heterocycles. The molecule has 0 radical (unpaired) electrons. The second-order valence-electron chi connectivity index (χ2n) is 8.18. The summed E-state index contributed by atoms with van der Waals surface area (Å²) in [7, 11) is 0. The quantitative estimate of drug-likeness (QED) is 0.662. The maximum atomic E-state index is 15.0. The molecule has 1 amide bonds. The Balaban J connectivity index is 1.45. The highest BCUT2D eigenvalue weighted by atomic mass is 19.1. The van der Waals surface area contributed by atoms with Crippen LogP contribution in [-0.2, 0) is 6.54 Å². The minimum absolute atomic E-state index is 0.157. The number of fused-ring (bicyclic) bond motifs is 3. The Morgan fingerprint density at radius 3 is 2.81 bits per heavy atom. The number of aromatic nitrogens is 3. The molecule has 0 saturated carbocycles. The lowest BCUT2D eigenvalue weighted by Crippen LogP contribution is -2.39. The van der Waals surface area contributed by atoms with Gasteiger partial charge in [0, 0.05) is 56.4 Å². The van der Waals surface area contributed by atoms with Gasteiger partial charge in [-0.3, -0.25) is 9.78 Å². The van der Waals surface area contributed by atoms with Crippen LogP contribution in [0.1, 0.15) is 35.7 Å². The van der Waals surface area contributed by atoms with Crippen LogP contribution in [0.25, 0.3) is 11.1 Å². The van der Waals surface area contributed by atoms with Gasteiger partial charge < -0.3 is 15.1 Å². The average molecular weight is 433 g/mol. The van der Waals surface area contributed by atoms with Crippen molar-refractivity contribution in [2.45, 2.75) is 32.4 Å². The fourth-order valence-corrected chi connectivity index (χ4v) is 4.54. The van der Waals surface area contributed by atoms with Crippen LogP contribution in [0.4, 0.5) is 16.2 Å². The molecule has 7 nitrogen and oxygen atoms in total. The third kappa shape index (κ3) is 3.77. The lowest BCUT2D eigenvalue weighted by atomic mass is 10.0. The van der Waals surface area contributed by atoms with Gasteiger partial charge in [-0.1, -0.05) is 12.1 Å². The number of nitrogens with zero attached hydrogens (tertiary/aromatic N) is 5. The van der Waals surface area contributed by atoms with Crippen LogP contribution < -0.4 is 10.2 Å². The van der Waals surface area contributed by atoms with Crippen molar-refractivity contribution in [2.24, 2.45) is 0 Å². The predicted molar refractivity (Wildman–Crippen MR) is 121 cm³/mol. The van der Waals surface area contributed by atoms with Gasteiger partial charge in [-0.2, -0.15) is 4.98 Å². The molecule has 2 aliphatic rings. The fourth-order valence-electron chi connectivity index (χ4n) is 4.54. The van der Waals surface area contributed by atoms with E-state index in [9.17, 15) is 4.79 Å². The van der Waals surface area contributed by atoms with E-state index in [0.717, 1.165) is 30.5 Å². The van der Waals surface area contributed by atoms with Gasteiger partial charge in [0.25, 0.3) is 5.91 Å². The van der Waals surface area contributed by atoms with Crippen LogP contribution in [0.2, 0.25) is 0 Å². The first kappa shape index (κ1) is 20.4. The Bertz CT molecular complexity index is 1140. The number of pyridine rings is 1. The van der Waals surface area contributed by atoms with E-state index < -0.39 is 0 Å². The van der Waals surface area contributed by atoms with Gasteiger partial charge in [-0.05, 0) is 49.1 Å². The Morgan fingerprint density at radius 2 is 2.03 bits per heavy atom. The molecule has 3 aromatic rings. The van der Waals surface area contributed by atoms with E-state index in [1.54, 1.807) is 29.6 Å². The molecule has 5 rings (SSSR count). The minimum Gasteiger partial charge on any atom is -0.354 e. The smallest absolute Gasteiger partial charge is 0.259 e. The summed E-state index contributed by atoms with van der Waals surface area (Å²) in [5.41, 5.74) is 2.66. The van der Waals surface area contributed by atoms with Crippen molar-refractivity contribution >= 4 is 17.7 Å². The monoisotopic (exact) mass is 432 g/mol. The summed E-state index contributed by atoms with van der Waals surface area (Å²) >= 11 is 0. The molecule has 2 aromatic heterocycles. The summed E-state index contributed by atoms with van der Waals surface area (Å²) in [5.74, 6) is 0.726. The Kier molecular flexibility index (Phi) is 5.43. The molecule has 4 heterocycles. The molecule has 1 saturated heterocycles. The number of amides is 1. The van der Waals surface area contributed by atoms with Gasteiger partial charge in [-0.25, -0.2) is 9.37 Å². The standard InChI is InChI=1S/C24H25FN6O/c1-2-27-24-28-13-20-22(29-24)31-11-3-4-19(31)15-30(23(20)32)14-18-6-5-17(12-21(18)25)16-7-9-26-10-8-16/h5-10,12-13,19H,2-4,11,14-15H2,1H3,(H,27,28,29)/t19-/m0/s1. The van der Waals surface area contributed by atoms with E-state index in [2.05, 4.69) is 25.2 Å². The summed E-state index contributed by atoms with van der Waals surface area (Å²) in [6.07, 6.45) is 6.99. The zero-order chi connectivity index (χ0) is 22.1. The number of nitrogens with one attached hydrogen (secondary N) is 1. The van der Waals surface area contributed by atoms with Gasteiger partial charge in [0.05, 0.1) is 0 Å². The molecular weight excluding hydrogens is 407 g/mol. The largest absolute Gasteiger partial charge is 0.354 e. The zero-order valence-corrected chi connectivity index (χ0v) is 18.0. The number of carbonyl (C=O) groups excluding carboxylic acids is 1. The molecule has 1 fully saturated rings. The zero-order valence-electron chi connectivity index (χ0n) is 18.0. The van der Waals surface area contributed by atoms with Crippen LogP contribution in [0.15, 0.2) is 48.9 Å². The first-order valence-electron chi connectivity index (χ1n) is 11.0. The lowest BCUT2D eigenvalue weighted by molar-refractivity contribution is 0.0740. The maximum absolute atomic E-state index is 15.0. The third-order valence-electron chi connectivity index (χ3n) is 6.13. The molecule has 1 atom stereocenters. The molecule has 1 N–H and O–H groups in total. The minimum atomic E-state index is -0.321. The van der Waals surface area contributed by atoms with Crippen molar-refractivity contribution in [1.29, 1.82) is 0 Å². The van der Waals surface area contributed by atoms with E-state index in [1.165, 1.54) is 6.07 Å². The van der Waals surface area contributed by atoms with Crippen molar-refractivity contribution in [1.82, 2.24) is 19.9 Å². The lowest BCUT2D eigenvalue weighted by Gasteiger charge is -2.27. The van der Waals surface area contributed by atoms with E-state index in [4.69, 9.17) is 0 Å². The molecular formula is C24H25FN6O. The molecule has 0 bridgehead atoms. The van der Waals surface area contributed by atoms with Crippen LogP contribution in [-0.4, -0.2) is 51.4 Å².